The maximum Gasteiger partial charge on any atom is 0.456 e. The molecule has 1 atom stereocenters. The van der Waals surface area contributed by atoms with Crippen molar-refractivity contribution in [2.45, 2.75) is 24.1 Å². The minimum Gasteiger partial charge on any atom is -0.481 e. The van der Waals surface area contributed by atoms with E-state index in [9.17, 15) is 31.9 Å². The van der Waals surface area contributed by atoms with Crippen LogP contribution in [-0.2, 0) is 17.4 Å². The van der Waals surface area contributed by atoms with E-state index in [1.54, 1.807) is 0 Å². The molecule has 0 aromatic carbocycles. The molecule has 5 nitrogen and oxygen atoms in total. The largest absolute Gasteiger partial charge is 0.481 e. The topological polar surface area (TPSA) is 75.3 Å². The standard InChI is InChI=1S/C9H8ClF5N2O3/c1-17-4(10)3-16-6(17)7(20,2-5(18)19)8(11,12)9(13,14)15/h3,20H,2H2,1H3,(H,18,19). The number of aliphatic carboxylic acids is 1. The van der Waals surface area contributed by atoms with E-state index in [0.717, 1.165) is 13.2 Å². The molecular weight excluding hydrogens is 315 g/mol. The van der Waals surface area contributed by atoms with Crippen molar-refractivity contribution in [1.29, 1.82) is 0 Å². The Bertz CT molecular complexity index is 530. The zero-order valence-electron chi connectivity index (χ0n) is 9.75. The van der Waals surface area contributed by atoms with Crippen molar-refractivity contribution < 1.29 is 37.0 Å². The zero-order valence-corrected chi connectivity index (χ0v) is 10.5. The predicted octanol–water partition coefficient (Wildman–Crippen LogP) is 1.93. The molecule has 1 aromatic heterocycles. The van der Waals surface area contributed by atoms with Crippen LogP contribution in [0.2, 0.25) is 5.15 Å². The first-order chi connectivity index (χ1) is 8.84. The van der Waals surface area contributed by atoms with Crippen molar-refractivity contribution >= 4 is 17.6 Å². The van der Waals surface area contributed by atoms with Crippen molar-refractivity contribution in [2.75, 3.05) is 0 Å². The van der Waals surface area contributed by atoms with Gasteiger partial charge in [0.2, 0.25) is 5.60 Å². The molecule has 0 amide bonds. The fraction of sp³-hybridized carbons (Fsp3) is 0.556. The van der Waals surface area contributed by atoms with Gasteiger partial charge >= 0.3 is 18.1 Å². The molecule has 2 N–H and O–H groups in total. The maximum absolute atomic E-state index is 13.5. The average molecular weight is 323 g/mol. The molecule has 114 valence electrons. The highest BCUT2D eigenvalue weighted by atomic mass is 35.5. The minimum atomic E-state index is -6.17. The Hall–Kier alpha value is -1.42. The number of imidazole rings is 1. The summed E-state index contributed by atoms with van der Waals surface area (Å²) in [6, 6.07) is 0. The highest BCUT2D eigenvalue weighted by Gasteiger charge is 2.72. The lowest BCUT2D eigenvalue weighted by atomic mass is 9.90. The molecule has 1 heterocycles. The summed E-state index contributed by atoms with van der Waals surface area (Å²) in [6.07, 6.45) is -7.35. The van der Waals surface area contributed by atoms with E-state index in [0.29, 0.717) is 4.57 Å². The summed E-state index contributed by atoms with van der Waals surface area (Å²) in [5.74, 6) is -9.00. The fourth-order valence-corrected chi connectivity index (χ4v) is 1.69. The highest BCUT2D eigenvalue weighted by Crippen LogP contribution is 2.49. The Morgan fingerprint density at radius 2 is 1.90 bits per heavy atom. The lowest BCUT2D eigenvalue weighted by Crippen LogP contribution is -2.57. The Kier molecular flexibility index (Phi) is 4.03. The number of aromatic nitrogens is 2. The fourth-order valence-electron chi connectivity index (χ4n) is 1.56. The van der Waals surface area contributed by atoms with Crippen molar-refractivity contribution in [3.63, 3.8) is 0 Å². The van der Waals surface area contributed by atoms with Gasteiger partial charge in [-0.1, -0.05) is 11.6 Å². The lowest BCUT2D eigenvalue weighted by Gasteiger charge is -2.35. The molecule has 0 aliphatic rings. The van der Waals surface area contributed by atoms with E-state index in [2.05, 4.69) is 4.98 Å². The third kappa shape index (κ3) is 2.44. The van der Waals surface area contributed by atoms with Gasteiger partial charge < -0.3 is 14.8 Å². The number of nitrogens with zero attached hydrogens (tertiary/aromatic N) is 2. The first-order valence-corrected chi connectivity index (χ1v) is 5.29. The van der Waals surface area contributed by atoms with Crippen LogP contribution in [0.4, 0.5) is 22.0 Å². The Balaban J connectivity index is 3.53. The number of halogens is 6. The number of alkyl halides is 5. The van der Waals surface area contributed by atoms with Gasteiger partial charge in [-0.15, -0.1) is 0 Å². The first-order valence-electron chi connectivity index (χ1n) is 4.91. The summed E-state index contributed by atoms with van der Waals surface area (Å²) in [6.45, 7) is 0. The number of hydrogen-bond donors (Lipinski definition) is 2. The van der Waals surface area contributed by atoms with Gasteiger partial charge in [0, 0.05) is 7.05 Å². The van der Waals surface area contributed by atoms with Crippen LogP contribution in [0.1, 0.15) is 12.2 Å². The Morgan fingerprint density at radius 1 is 1.40 bits per heavy atom. The van der Waals surface area contributed by atoms with Crippen molar-refractivity contribution in [3.05, 3.63) is 17.2 Å². The summed E-state index contributed by atoms with van der Waals surface area (Å²) in [5.41, 5.74) is -4.08. The molecule has 0 aliphatic carbocycles. The molecule has 0 fully saturated rings. The summed E-state index contributed by atoms with van der Waals surface area (Å²) in [5, 5.41) is 17.9. The normalized spacial score (nSPS) is 16.0. The molecule has 0 bridgehead atoms. The first kappa shape index (κ1) is 16.6. The van der Waals surface area contributed by atoms with E-state index in [1.807, 2.05) is 0 Å². The maximum atomic E-state index is 13.5. The van der Waals surface area contributed by atoms with Crippen molar-refractivity contribution in [3.8, 4) is 0 Å². The van der Waals surface area contributed by atoms with Gasteiger partial charge in [-0.2, -0.15) is 22.0 Å². The number of carbonyl (C=O) groups is 1. The van der Waals surface area contributed by atoms with E-state index in [1.165, 1.54) is 0 Å². The average Bonchev–Trinajstić information content (AvgIpc) is 2.57. The molecular formula is C9H8ClF5N2O3. The van der Waals surface area contributed by atoms with Crippen LogP contribution in [0.25, 0.3) is 0 Å². The van der Waals surface area contributed by atoms with Crippen LogP contribution in [0.5, 0.6) is 0 Å². The molecule has 0 radical (unpaired) electrons. The molecule has 1 aromatic rings. The number of carboxylic acid groups (broad SMARTS) is 1. The molecule has 0 spiro atoms. The molecule has 1 rings (SSSR count). The zero-order chi connectivity index (χ0) is 15.9. The van der Waals surface area contributed by atoms with Crippen LogP contribution in [0.15, 0.2) is 6.20 Å². The van der Waals surface area contributed by atoms with Gasteiger partial charge in [0.15, 0.2) is 0 Å². The van der Waals surface area contributed by atoms with Gasteiger partial charge in [0.05, 0.1) is 12.6 Å². The monoisotopic (exact) mass is 322 g/mol. The van der Waals surface area contributed by atoms with E-state index >= 15 is 0 Å². The van der Waals surface area contributed by atoms with Crippen LogP contribution < -0.4 is 0 Å². The van der Waals surface area contributed by atoms with Crippen molar-refractivity contribution in [1.82, 2.24) is 9.55 Å². The summed E-state index contributed by atoms with van der Waals surface area (Å²) in [7, 11) is 0.962. The van der Waals surface area contributed by atoms with Crippen LogP contribution in [-0.4, -0.2) is 37.8 Å². The highest BCUT2D eigenvalue weighted by molar-refractivity contribution is 6.29. The third-order valence-electron chi connectivity index (χ3n) is 2.58. The quantitative estimate of drug-likeness (QED) is 0.831. The summed E-state index contributed by atoms with van der Waals surface area (Å²) < 4.78 is 64.8. The number of aliphatic hydroxyl groups is 1. The van der Waals surface area contributed by atoms with Gasteiger partial charge in [-0.05, 0) is 0 Å². The third-order valence-corrected chi connectivity index (χ3v) is 2.94. The minimum absolute atomic E-state index is 0.346. The molecule has 0 saturated carbocycles. The Labute approximate surface area is 113 Å². The molecule has 11 heteroatoms. The second-order valence-electron chi connectivity index (χ2n) is 3.97. The summed E-state index contributed by atoms with van der Waals surface area (Å²) in [4.78, 5) is 13.7. The van der Waals surface area contributed by atoms with Gasteiger partial charge in [0.1, 0.15) is 11.0 Å². The van der Waals surface area contributed by atoms with Crippen molar-refractivity contribution in [2.24, 2.45) is 7.05 Å². The smallest absolute Gasteiger partial charge is 0.456 e. The van der Waals surface area contributed by atoms with E-state index < -0.39 is 35.9 Å². The van der Waals surface area contributed by atoms with Gasteiger partial charge in [-0.25, -0.2) is 4.98 Å². The lowest BCUT2D eigenvalue weighted by molar-refractivity contribution is -0.348. The van der Waals surface area contributed by atoms with Gasteiger partial charge in [0.25, 0.3) is 0 Å². The Morgan fingerprint density at radius 3 is 2.20 bits per heavy atom. The van der Waals surface area contributed by atoms with Crippen LogP contribution in [0.3, 0.4) is 0 Å². The second-order valence-corrected chi connectivity index (χ2v) is 4.35. The summed E-state index contributed by atoms with van der Waals surface area (Å²) >= 11 is 5.45. The number of carboxylic acids is 1. The molecule has 0 saturated heterocycles. The molecule has 0 aliphatic heterocycles. The molecule has 20 heavy (non-hydrogen) atoms. The van der Waals surface area contributed by atoms with Crippen LogP contribution >= 0.6 is 11.6 Å². The number of hydrogen-bond acceptors (Lipinski definition) is 3. The van der Waals surface area contributed by atoms with E-state index in [-0.39, 0.29) is 5.15 Å². The predicted molar refractivity (Wildman–Crippen MR) is 55.4 cm³/mol. The second kappa shape index (κ2) is 4.85. The molecule has 1 unspecified atom stereocenters. The SMILES string of the molecule is Cn1c(Cl)cnc1C(O)(CC(=O)O)C(F)(F)C(F)(F)F. The number of rotatable bonds is 4. The van der Waals surface area contributed by atoms with E-state index in [4.69, 9.17) is 16.7 Å². The van der Waals surface area contributed by atoms with Gasteiger partial charge in [-0.3, -0.25) is 4.79 Å². The van der Waals surface area contributed by atoms with Crippen LogP contribution in [0, 0.1) is 0 Å².